The summed E-state index contributed by atoms with van der Waals surface area (Å²) in [6.45, 7) is 1.91. The van der Waals surface area contributed by atoms with E-state index in [1.807, 2.05) is 37.3 Å². The number of nitrogens with one attached hydrogen (secondary N) is 1. The van der Waals surface area contributed by atoms with Gasteiger partial charge in [-0.1, -0.05) is 35.9 Å². The fraction of sp³-hybridized carbons (Fsp3) is 0.0476. The maximum atomic E-state index is 14.4. The largest absolute Gasteiger partial charge is 0.322 e. The topological polar surface area (TPSA) is 45.8 Å². The molecule has 0 fully saturated rings. The number of para-hydroxylation sites is 1. The summed E-state index contributed by atoms with van der Waals surface area (Å²) < 4.78 is 14.4. The number of hydrogen-bond donors (Lipinski definition) is 1. The van der Waals surface area contributed by atoms with Gasteiger partial charge in [0.25, 0.3) is 0 Å². The normalized spacial score (nSPS) is 11.0. The molecule has 4 rings (SSSR count). The second-order valence-corrected chi connectivity index (χ2v) is 5.98. The summed E-state index contributed by atoms with van der Waals surface area (Å²) in [5, 5.41) is 0.893. The number of pyridine rings is 2. The van der Waals surface area contributed by atoms with Gasteiger partial charge in [0.2, 0.25) is 5.56 Å². The number of benzene rings is 2. The first-order valence-electron chi connectivity index (χ1n) is 7.97. The summed E-state index contributed by atoms with van der Waals surface area (Å²) in [7, 11) is 0. The van der Waals surface area contributed by atoms with E-state index >= 15 is 0 Å². The van der Waals surface area contributed by atoms with Gasteiger partial charge in [-0.05, 0) is 36.8 Å². The first kappa shape index (κ1) is 15.3. The molecule has 0 atom stereocenters. The third-order valence-electron chi connectivity index (χ3n) is 4.23. The smallest absolute Gasteiger partial charge is 0.249 e. The summed E-state index contributed by atoms with van der Waals surface area (Å²) in [4.78, 5) is 19.3. The molecule has 2 aromatic heterocycles. The van der Waals surface area contributed by atoms with Crippen molar-refractivity contribution in [3.63, 3.8) is 0 Å². The highest BCUT2D eigenvalue weighted by Gasteiger charge is 2.15. The van der Waals surface area contributed by atoms with Crippen LogP contribution in [0.3, 0.4) is 0 Å². The molecule has 0 radical (unpaired) electrons. The van der Waals surface area contributed by atoms with Gasteiger partial charge in [-0.3, -0.25) is 9.78 Å². The fourth-order valence-electron chi connectivity index (χ4n) is 3.09. The van der Waals surface area contributed by atoms with Crippen molar-refractivity contribution in [3.05, 3.63) is 88.6 Å². The lowest BCUT2D eigenvalue weighted by atomic mass is 9.96. The lowest BCUT2D eigenvalue weighted by Gasteiger charge is -2.12. The Morgan fingerprint density at radius 1 is 0.920 bits per heavy atom. The van der Waals surface area contributed by atoms with Gasteiger partial charge in [0, 0.05) is 34.3 Å². The number of rotatable bonds is 2. The molecule has 0 aliphatic carbocycles. The predicted molar refractivity (Wildman–Crippen MR) is 97.9 cm³/mol. The maximum absolute atomic E-state index is 14.4. The van der Waals surface area contributed by atoms with Crippen molar-refractivity contribution in [3.8, 4) is 22.4 Å². The van der Waals surface area contributed by atoms with E-state index in [2.05, 4.69) is 9.97 Å². The van der Waals surface area contributed by atoms with Crippen LogP contribution in [0.25, 0.3) is 33.3 Å². The maximum Gasteiger partial charge on any atom is 0.249 e. The van der Waals surface area contributed by atoms with Gasteiger partial charge in [0.1, 0.15) is 5.82 Å². The number of fused-ring (bicyclic) bond motifs is 1. The Bertz CT molecular complexity index is 1150. The van der Waals surface area contributed by atoms with Crippen LogP contribution in [-0.4, -0.2) is 9.97 Å². The molecule has 4 aromatic rings. The standard InChI is InChI=1S/C21H15FN2O/c1-13-8-9-18(22)17(11-13)21-15(6-4-10-23-21)16-12-20(25)24-19-7-3-2-5-14(16)19/h2-12H,1H3,(H,24,25). The van der Waals surface area contributed by atoms with E-state index in [9.17, 15) is 9.18 Å². The Morgan fingerprint density at radius 2 is 1.76 bits per heavy atom. The Hall–Kier alpha value is -3.27. The Labute approximate surface area is 143 Å². The van der Waals surface area contributed by atoms with Gasteiger partial charge in [-0.15, -0.1) is 0 Å². The van der Waals surface area contributed by atoms with Gasteiger partial charge < -0.3 is 4.98 Å². The SMILES string of the molecule is Cc1ccc(F)c(-c2ncccc2-c2cc(=O)[nH]c3ccccc23)c1. The van der Waals surface area contributed by atoms with Gasteiger partial charge in [-0.25, -0.2) is 4.39 Å². The van der Waals surface area contributed by atoms with Gasteiger partial charge in [0.15, 0.2) is 0 Å². The molecule has 0 spiro atoms. The molecule has 0 saturated heterocycles. The Balaban J connectivity index is 2.06. The summed E-state index contributed by atoms with van der Waals surface area (Å²) in [6.07, 6.45) is 1.63. The van der Waals surface area contributed by atoms with Crippen LogP contribution in [0.4, 0.5) is 4.39 Å². The lowest BCUT2D eigenvalue weighted by molar-refractivity contribution is 0.630. The molecule has 2 aromatic carbocycles. The fourth-order valence-corrected chi connectivity index (χ4v) is 3.09. The molecule has 0 unspecified atom stereocenters. The average Bonchev–Trinajstić information content (AvgIpc) is 2.63. The van der Waals surface area contributed by atoms with Gasteiger partial charge in [-0.2, -0.15) is 0 Å². The highest BCUT2D eigenvalue weighted by molar-refractivity contribution is 5.97. The molecule has 122 valence electrons. The first-order chi connectivity index (χ1) is 12.1. The third-order valence-corrected chi connectivity index (χ3v) is 4.23. The minimum Gasteiger partial charge on any atom is -0.322 e. The number of aromatic amines is 1. The molecular formula is C21H15FN2O. The van der Waals surface area contributed by atoms with Crippen LogP contribution in [0.2, 0.25) is 0 Å². The van der Waals surface area contributed by atoms with Crippen LogP contribution in [0.5, 0.6) is 0 Å². The Kier molecular flexibility index (Phi) is 3.65. The van der Waals surface area contributed by atoms with Crippen molar-refractivity contribution < 1.29 is 4.39 Å². The monoisotopic (exact) mass is 330 g/mol. The van der Waals surface area contributed by atoms with E-state index in [4.69, 9.17) is 0 Å². The first-order valence-corrected chi connectivity index (χ1v) is 7.97. The van der Waals surface area contributed by atoms with Crippen LogP contribution < -0.4 is 5.56 Å². The molecule has 4 heteroatoms. The van der Waals surface area contributed by atoms with E-state index in [1.165, 1.54) is 12.1 Å². The van der Waals surface area contributed by atoms with Crippen molar-refractivity contribution in [1.82, 2.24) is 9.97 Å². The molecule has 1 N–H and O–H groups in total. The molecule has 0 aliphatic rings. The number of halogens is 1. The highest BCUT2D eigenvalue weighted by Crippen LogP contribution is 2.34. The van der Waals surface area contributed by atoms with E-state index in [-0.39, 0.29) is 11.4 Å². The van der Waals surface area contributed by atoms with Crippen LogP contribution in [0, 0.1) is 12.7 Å². The van der Waals surface area contributed by atoms with Gasteiger partial charge >= 0.3 is 0 Å². The zero-order chi connectivity index (χ0) is 17.4. The molecule has 0 amide bonds. The minimum atomic E-state index is -0.334. The number of H-pyrrole nitrogens is 1. The molecule has 25 heavy (non-hydrogen) atoms. The van der Waals surface area contributed by atoms with Crippen molar-refractivity contribution in [2.24, 2.45) is 0 Å². The lowest BCUT2D eigenvalue weighted by Crippen LogP contribution is -2.05. The van der Waals surface area contributed by atoms with Crippen LogP contribution in [0.15, 0.2) is 71.7 Å². The average molecular weight is 330 g/mol. The van der Waals surface area contributed by atoms with Crippen molar-refractivity contribution in [1.29, 1.82) is 0 Å². The number of aromatic nitrogens is 2. The van der Waals surface area contributed by atoms with Crippen molar-refractivity contribution >= 4 is 10.9 Å². The molecule has 0 saturated carbocycles. The summed E-state index contributed by atoms with van der Waals surface area (Å²) in [6, 6.07) is 17.7. The summed E-state index contributed by atoms with van der Waals surface area (Å²) in [5.41, 5.74) is 3.92. The van der Waals surface area contributed by atoms with E-state index in [0.717, 1.165) is 27.6 Å². The molecule has 2 heterocycles. The van der Waals surface area contributed by atoms with Crippen LogP contribution in [-0.2, 0) is 0 Å². The summed E-state index contributed by atoms with van der Waals surface area (Å²) >= 11 is 0. The number of aryl methyl sites for hydroxylation is 1. The van der Waals surface area contributed by atoms with Crippen LogP contribution >= 0.6 is 0 Å². The predicted octanol–water partition coefficient (Wildman–Crippen LogP) is 4.70. The van der Waals surface area contributed by atoms with E-state index in [1.54, 1.807) is 24.4 Å². The van der Waals surface area contributed by atoms with Gasteiger partial charge in [0.05, 0.1) is 5.69 Å². The number of nitrogens with zero attached hydrogens (tertiary/aromatic N) is 1. The third kappa shape index (κ3) is 2.72. The summed E-state index contributed by atoms with van der Waals surface area (Å²) in [5.74, 6) is -0.334. The van der Waals surface area contributed by atoms with Crippen molar-refractivity contribution in [2.45, 2.75) is 6.92 Å². The number of hydrogen-bond acceptors (Lipinski definition) is 2. The second kappa shape index (κ2) is 5.98. The van der Waals surface area contributed by atoms with E-state index in [0.29, 0.717) is 11.3 Å². The molecule has 0 aliphatic heterocycles. The van der Waals surface area contributed by atoms with Crippen LogP contribution in [0.1, 0.15) is 5.56 Å². The zero-order valence-corrected chi connectivity index (χ0v) is 13.6. The van der Waals surface area contributed by atoms with E-state index < -0.39 is 0 Å². The Morgan fingerprint density at radius 3 is 2.64 bits per heavy atom. The van der Waals surface area contributed by atoms with Crippen molar-refractivity contribution in [2.75, 3.05) is 0 Å². The molecule has 0 bridgehead atoms. The zero-order valence-electron chi connectivity index (χ0n) is 13.6. The quantitative estimate of drug-likeness (QED) is 0.579. The highest BCUT2D eigenvalue weighted by atomic mass is 19.1. The molecular weight excluding hydrogens is 315 g/mol. The second-order valence-electron chi connectivity index (χ2n) is 5.98. The molecule has 3 nitrogen and oxygen atoms in total. The minimum absolute atomic E-state index is 0.201.